The number of nitrogens with zero attached hydrogens (tertiary/aromatic N) is 1. The Morgan fingerprint density at radius 1 is 1.29 bits per heavy atom. The number of ether oxygens (including phenoxy) is 1. The minimum Gasteiger partial charge on any atom is -0.378 e. The second-order valence-corrected chi connectivity index (χ2v) is 4.47. The molecule has 3 nitrogen and oxygen atoms in total. The smallest absolute Gasteiger partial charge is 0.0608 e. The van der Waals surface area contributed by atoms with E-state index in [4.69, 9.17) is 10.5 Å². The summed E-state index contributed by atoms with van der Waals surface area (Å²) in [5.41, 5.74) is 8.32. The van der Waals surface area contributed by atoms with Crippen molar-refractivity contribution in [2.24, 2.45) is 5.73 Å². The van der Waals surface area contributed by atoms with Gasteiger partial charge in [0, 0.05) is 31.9 Å². The second-order valence-electron chi connectivity index (χ2n) is 4.47. The van der Waals surface area contributed by atoms with Crippen molar-refractivity contribution >= 4 is 5.69 Å². The Bertz CT molecular complexity index is 346. The molecule has 1 fully saturated rings. The Morgan fingerprint density at radius 3 is 2.65 bits per heavy atom. The predicted molar refractivity (Wildman–Crippen MR) is 71.2 cm³/mol. The van der Waals surface area contributed by atoms with Gasteiger partial charge in [0.25, 0.3) is 0 Å². The number of hydrogen-bond acceptors (Lipinski definition) is 3. The Labute approximate surface area is 104 Å². The van der Waals surface area contributed by atoms with Gasteiger partial charge < -0.3 is 15.4 Å². The van der Waals surface area contributed by atoms with Crippen LogP contribution in [-0.4, -0.2) is 25.8 Å². The van der Waals surface area contributed by atoms with Crippen LogP contribution in [0.3, 0.4) is 0 Å². The third kappa shape index (κ3) is 2.99. The van der Waals surface area contributed by atoms with E-state index >= 15 is 0 Å². The molecule has 3 heteroatoms. The molecule has 1 heterocycles. The fourth-order valence-electron chi connectivity index (χ4n) is 2.49. The van der Waals surface area contributed by atoms with Gasteiger partial charge in [0.15, 0.2) is 0 Å². The molecule has 1 aliphatic rings. The first kappa shape index (κ1) is 12.4. The lowest BCUT2D eigenvalue weighted by Crippen LogP contribution is -2.37. The summed E-state index contributed by atoms with van der Waals surface area (Å²) in [6.07, 6.45) is 2.68. The van der Waals surface area contributed by atoms with Crippen molar-refractivity contribution in [2.75, 3.05) is 24.6 Å². The summed E-state index contributed by atoms with van der Waals surface area (Å²) in [5.74, 6) is 0. The molecule has 1 aromatic rings. The highest BCUT2D eigenvalue weighted by atomic mass is 16.5. The van der Waals surface area contributed by atoms with Crippen LogP contribution in [-0.2, 0) is 11.3 Å². The van der Waals surface area contributed by atoms with Gasteiger partial charge in [-0.25, -0.2) is 0 Å². The highest BCUT2D eigenvalue weighted by molar-refractivity contribution is 5.53. The lowest BCUT2D eigenvalue weighted by atomic mass is 10.0. The first-order chi connectivity index (χ1) is 8.35. The Kier molecular flexibility index (Phi) is 4.40. The number of piperidine rings is 1. The average molecular weight is 234 g/mol. The van der Waals surface area contributed by atoms with Crippen molar-refractivity contribution < 1.29 is 4.74 Å². The van der Waals surface area contributed by atoms with Gasteiger partial charge in [-0.1, -0.05) is 18.2 Å². The lowest BCUT2D eigenvalue weighted by Gasteiger charge is -2.34. The maximum atomic E-state index is 5.78. The predicted octanol–water partition coefficient (Wildman–Crippen LogP) is 2.15. The molecular weight excluding hydrogens is 212 g/mol. The number of hydrogen-bond donors (Lipinski definition) is 1. The van der Waals surface area contributed by atoms with Gasteiger partial charge in [-0.2, -0.15) is 0 Å². The summed E-state index contributed by atoms with van der Waals surface area (Å²) < 4.78 is 5.67. The van der Waals surface area contributed by atoms with E-state index in [1.165, 1.54) is 11.3 Å². The number of para-hydroxylation sites is 1. The Hall–Kier alpha value is -1.06. The quantitative estimate of drug-likeness (QED) is 0.867. The van der Waals surface area contributed by atoms with Gasteiger partial charge in [-0.3, -0.25) is 0 Å². The third-order valence-electron chi connectivity index (χ3n) is 3.40. The van der Waals surface area contributed by atoms with E-state index in [0.29, 0.717) is 12.6 Å². The van der Waals surface area contributed by atoms with E-state index in [-0.39, 0.29) is 0 Å². The van der Waals surface area contributed by atoms with Gasteiger partial charge >= 0.3 is 0 Å². The average Bonchev–Trinajstić information content (AvgIpc) is 2.40. The van der Waals surface area contributed by atoms with Gasteiger partial charge in [-0.15, -0.1) is 0 Å². The summed E-state index contributed by atoms with van der Waals surface area (Å²) in [4.78, 5) is 2.43. The Morgan fingerprint density at radius 2 is 2.00 bits per heavy atom. The van der Waals surface area contributed by atoms with E-state index in [1.807, 2.05) is 0 Å². The lowest BCUT2D eigenvalue weighted by molar-refractivity contribution is 0.0459. The van der Waals surface area contributed by atoms with Gasteiger partial charge in [-0.05, 0) is 31.4 Å². The molecule has 17 heavy (non-hydrogen) atoms. The van der Waals surface area contributed by atoms with Gasteiger partial charge in [0.1, 0.15) is 0 Å². The SMILES string of the molecule is CCOC1CCN(c2ccccc2CN)CC1. The molecule has 2 rings (SSSR count). The zero-order valence-corrected chi connectivity index (χ0v) is 10.6. The first-order valence-electron chi connectivity index (χ1n) is 6.49. The van der Waals surface area contributed by atoms with E-state index < -0.39 is 0 Å². The molecule has 0 spiro atoms. The van der Waals surface area contributed by atoms with Crippen molar-refractivity contribution in [3.8, 4) is 0 Å². The molecule has 0 bridgehead atoms. The minimum atomic E-state index is 0.446. The molecule has 0 aromatic heterocycles. The zero-order chi connectivity index (χ0) is 12.1. The number of rotatable bonds is 4. The van der Waals surface area contributed by atoms with Crippen LogP contribution in [0.25, 0.3) is 0 Å². The number of anilines is 1. The summed E-state index contributed by atoms with van der Waals surface area (Å²) in [6, 6.07) is 8.43. The minimum absolute atomic E-state index is 0.446. The van der Waals surface area contributed by atoms with Crippen molar-refractivity contribution in [3.63, 3.8) is 0 Å². The number of nitrogens with two attached hydrogens (primary N) is 1. The topological polar surface area (TPSA) is 38.5 Å². The van der Waals surface area contributed by atoms with Crippen LogP contribution in [0.5, 0.6) is 0 Å². The maximum absolute atomic E-state index is 5.78. The van der Waals surface area contributed by atoms with Crippen LogP contribution in [0.1, 0.15) is 25.3 Å². The largest absolute Gasteiger partial charge is 0.378 e. The van der Waals surface area contributed by atoms with E-state index in [2.05, 4.69) is 36.1 Å². The molecule has 2 N–H and O–H groups in total. The van der Waals surface area contributed by atoms with Crippen molar-refractivity contribution in [1.29, 1.82) is 0 Å². The van der Waals surface area contributed by atoms with Crippen LogP contribution >= 0.6 is 0 Å². The second kappa shape index (κ2) is 6.03. The third-order valence-corrected chi connectivity index (χ3v) is 3.40. The molecule has 0 atom stereocenters. The normalized spacial score (nSPS) is 17.4. The molecule has 0 saturated carbocycles. The fraction of sp³-hybridized carbons (Fsp3) is 0.571. The summed E-state index contributed by atoms with van der Waals surface area (Å²) in [6.45, 7) is 5.64. The molecule has 1 aliphatic heterocycles. The molecule has 0 radical (unpaired) electrons. The molecule has 0 amide bonds. The molecule has 94 valence electrons. The van der Waals surface area contributed by atoms with Crippen molar-refractivity contribution in [2.45, 2.75) is 32.4 Å². The Balaban J connectivity index is 2.00. The molecule has 1 aromatic carbocycles. The van der Waals surface area contributed by atoms with Crippen LogP contribution in [0.4, 0.5) is 5.69 Å². The monoisotopic (exact) mass is 234 g/mol. The fourth-order valence-corrected chi connectivity index (χ4v) is 2.49. The number of benzene rings is 1. The molecular formula is C14H22N2O. The maximum Gasteiger partial charge on any atom is 0.0608 e. The van der Waals surface area contributed by atoms with Crippen LogP contribution in [0.2, 0.25) is 0 Å². The first-order valence-corrected chi connectivity index (χ1v) is 6.49. The molecule has 0 unspecified atom stereocenters. The van der Waals surface area contributed by atoms with E-state index in [1.54, 1.807) is 0 Å². The van der Waals surface area contributed by atoms with Crippen LogP contribution in [0, 0.1) is 0 Å². The molecule has 1 saturated heterocycles. The summed E-state index contributed by atoms with van der Waals surface area (Å²) >= 11 is 0. The standard InChI is InChI=1S/C14H22N2O/c1-2-17-13-7-9-16(10-8-13)14-6-4-3-5-12(14)11-15/h3-6,13H,2,7-11,15H2,1H3. The highest BCUT2D eigenvalue weighted by Crippen LogP contribution is 2.24. The highest BCUT2D eigenvalue weighted by Gasteiger charge is 2.20. The zero-order valence-electron chi connectivity index (χ0n) is 10.6. The van der Waals surface area contributed by atoms with Gasteiger partial charge in [0.2, 0.25) is 0 Å². The van der Waals surface area contributed by atoms with Crippen LogP contribution in [0.15, 0.2) is 24.3 Å². The van der Waals surface area contributed by atoms with Crippen LogP contribution < -0.4 is 10.6 Å². The van der Waals surface area contributed by atoms with Gasteiger partial charge in [0.05, 0.1) is 6.10 Å². The van der Waals surface area contributed by atoms with E-state index in [9.17, 15) is 0 Å². The van der Waals surface area contributed by atoms with E-state index in [0.717, 1.165) is 32.5 Å². The molecule has 0 aliphatic carbocycles. The summed E-state index contributed by atoms with van der Waals surface area (Å²) in [5, 5.41) is 0. The van der Waals surface area contributed by atoms with Crippen molar-refractivity contribution in [3.05, 3.63) is 29.8 Å². The van der Waals surface area contributed by atoms with Crippen molar-refractivity contribution in [1.82, 2.24) is 0 Å². The summed E-state index contributed by atoms with van der Waals surface area (Å²) in [7, 11) is 0.